The van der Waals surface area contributed by atoms with Gasteiger partial charge in [0.05, 0.1) is 17.2 Å². The van der Waals surface area contributed by atoms with Crippen molar-refractivity contribution in [1.82, 2.24) is 14.5 Å². The molecule has 1 saturated heterocycles. The highest BCUT2D eigenvalue weighted by Gasteiger charge is 2.23. The van der Waals surface area contributed by atoms with Gasteiger partial charge < -0.3 is 9.47 Å². The summed E-state index contributed by atoms with van der Waals surface area (Å²) in [5, 5.41) is 0.237. The standard InChI is InChI=1S/C11H13ClN4/c1-15-7-14-10-9(15)2-4-13-11(10)16-5-3-8(12)6-16/h2,4,7-8H,3,5-6H2,1H3. The van der Waals surface area contributed by atoms with Crippen LogP contribution in [0.15, 0.2) is 18.6 Å². The van der Waals surface area contributed by atoms with Gasteiger partial charge in [0.2, 0.25) is 0 Å². The van der Waals surface area contributed by atoms with E-state index in [0.717, 1.165) is 36.4 Å². The fourth-order valence-corrected chi connectivity index (χ4v) is 2.45. The first-order chi connectivity index (χ1) is 7.75. The topological polar surface area (TPSA) is 34.0 Å². The van der Waals surface area contributed by atoms with Crippen LogP contribution in [0.5, 0.6) is 0 Å². The summed E-state index contributed by atoms with van der Waals surface area (Å²) in [6, 6.07) is 1.99. The van der Waals surface area contributed by atoms with E-state index < -0.39 is 0 Å². The Bertz CT molecular complexity index is 522. The van der Waals surface area contributed by atoms with Crippen molar-refractivity contribution < 1.29 is 0 Å². The van der Waals surface area contributed by atoms with Gasteiger partial charge in [-0.3, -0.25) is 0 Å². The lowest BCUT2D eigenvalue weighted by Gasteiger charge is -2.16. The van der Waals surface area contributed by atoms with Gasteiger partial charge in [-0.25, -0.2) is 9.97 Å². The van der Waals surface area contributed by atoms with E-state index >= 15 is 0 Å². The number of nitrogens with zero attached hydrogens (tertiary/aromatic N) is 4. The molecule has 0 bridgehead atoms. The summed E-state index contributed by atoms with van der Waals surface area (Å²) < 4.78 is 2.01. The molecule has 0 amide bonds. The van der Waals surface area contributed by atoms with Gasteiger partial charge in [0.1, 0.15) is 5.52 Å². The second-order valence-corrected chi connectivity index (χ2v) is 4.81. The summed E-state index contributed by atoms with van der Waals surface area (Å²) in [6.07, 6.45) is 4.68. The van der Waals surface area contributed by atoms with E-state index in [1.807, 2.05) is 30.2 Å². The number of anilines is 1. The van der Waals surface area contributed by atoms with E-state index in [1.54, 1.807) is 0 Å². The molecular formula is C11H13ClN4. The van der Waals surface area contributed by atoms with Gasteiger partial charge in [-0.15, -0.1) is 11.6 Å². The van der Waals surface area contributed by atoms with Gasteiger partial charge in [0.25, 0.3) is 0 Å². The molecule has 4 nitrogen and oxygen atoms in total. The largest absolute Gasteiger partial charge is 0.353 e. The molecule has 0 aromatic carbocycles. The highest BCUT2D eigenvalue weighted by molar-refractivity contribution is 6.21. The third-order valence-corrected chi connectivity index (χ3v) is 3.41. The summed E-state index contributed by atoms with van der Waals surface area (Å²) in [4.78, 5) is 11.0. The molecule has 0 radical (unpaired) electrons. The van der Waals surface area contributed by atoms with Crippen molar-refractivity contribution >= 4 is 28.5 Å². The average molecular weight is 237 g/mol. The van der Waals surface area contributed by atoms with Gasteiger partial charge in [-0.2, -0.15) is 0 Å². The van der Waals surface area contributed by atoms with Crippen LogP contribution in [-0.4, -0.2) is 33.0 Å². The summed E-state index contributed by atoms with van der Waals surface area (Å²) in [5.41, 5.74) is 2.08. The van der Waals surface area contributed by atoms with Gasteiger partial charge in [0.15, 0.2) is 5.82 Å². The molecule has 2 aromatic heterocycles. The second-order valence-electron chi connectivity index (χ2n) is 4.19. The zero-order valence-electron chi connectivity index (χ0n) is 9.10. The Morgan fingerprint density at radius 1 is 1.44 bits per heavy atom. The van der Waals surface area contributed by atoms with Crippen molar-refractivity contribution in [3.8, 4) is 0 Å². The van der Waals surface area contributed by atoms with Crippen LogP contribution in [0, 0.1) is 0 Å². The average Bonchev–Trinajstić information content (AvgIpc) is 2.86. The van der Waals surface area contributed by atoms with Crippen molar-refractivity contribution in [3.63, 3.8) is 0 Å². The van der Waals surface area contributed by atoms with E-state index in [1.165, 1.54) is 0 Å². The number of aromatic nitrogens is 3. The van der Waals surface area contributed by atoms with Gasteiger partial charge >= 0.3 is 0 Å². The Balaban J connectivity index is 2.09. The Morgan fingerprint density at radius 3 is 3.06 bits per heavy atom. The van der Waals surface area contributed by atoms with E-state index in [4.69, 9.17) is 11.6 Å². The molecule has 16 heavy (non-hydrogen) atoms. The van der Waals surface area contributed by atoms with Crippen LogP contribution in [-0.2, 0) is 7.05 Å². The molecule has 3 heterocycles. The molecule has 1 aliphatic rings. The lowest BCUT2D eigenvalue weighted by atomic mass is 10.3. The number of rotatable bonds is 1. The maximum Gasteiger partial charge on any atom is 0.156 e. The minimum absolute atomic E-state index is 0.237. The number of pyridine rings is 1. The van der Waals surface area contributed by atoms with Crippen molar-refractivity contribution in [2.24, 2.45) is 7.05 Å². The first kappa shape index (κ1) is 9.90. The number of alkyl halides is 1. The predicted molar refractivity (Wildman–Crippen MR) is 65.0 cm³/mol. The Hall–Kier alpha value is -1.29. The smallest absolute Gasteiger partial charge is 0.156 e. The molecule has 0 aliphatic carbocycles. The summed E-state index contributed by atoms with van der Waals surface area (Å²) in [7, 11) is 1.99. The van der Waals surface area contributed by atoms with E-state index in [0.29, 0.717) is 0 Å². The Morgan fingerprint density at radius 2 is 2.31 bits per heavy atom. The van der Waals surface area contributed by atoms with Crippen molar-refractivity contribution in [1.29, 1.82) is 0 Å². The maximum absolute atomic E-state index is 6.12. The number of fused-ring (bicyclic) bond motifs is 1. The van der Waals surface area contributed by atoms with Crippen LogP contribution in [0.2, 0.25) is 0 Å². The van der Waals surface area contributed by atoms with Crippen molar-refractivity contribution in [3.05, 3.63) is 18.6 Å². The van der Waals surface area contributed by atoms with Gasteiger partial charge in [-0.1, -0.05) is 0 Å². The predicted octanol–water partition coefficient (Wildman–Crippen LogP) is 1.79. The quantitative estimate of drug-likeness (QED) is 0.708. The van der Waals surface area contributed by atoms with Crippen LogP contribution >= 0.6 is 11.6 Å². The molecule has 1 aliphatic heterocycles. The van der Waals surface area contributed by atoms with Gasteiger partial charge in [0, 0.05) is 26.3 Å². The molecule has 3 rings (SSSR count). The first-order valence-corrected chi connectivity index (χ1v) is 5.84. The maximum atomic E-state index is 6.12. The molecule has 0 spiro atoms. The number of aryl methyl sites for hydroxylation is 1. The molecule has 5 heteroatoms. The van der Waals surface area contributed by atoms with Crippen LogP contribution in [0.3, 0.4) is 0 Å². The normalized spacial score (nSPS) is 20.9. The second kappa shape index (κ2) is 3.63. The number of hydrogen-bond acceptors (Lipinski definition) is 3. The van der Waals surface area contributed by atoms with E-state index in [9.17, 15) is 0 Å². The zero-order valence-corrected chi connectivity index (χ0v) is 9.85. The molecule has 1 unspecified atom stereocenters. The van der Waals surface area contributed by atoms with Crippen LogP contribution in [0.25, 0.3) is 11.0 Å². The van der Waals surface area contributed by atoms with Crippen LogP contribution in [0.1, 0.15) is 6.42 Å². The monoisotopic (exact) mass is 236 g/mol. The molecule has 84 valence electrons. The fraction of sp³-hybridized carbons (Fsp3) is 0.455. The van der Waals surface area contributed by atoms with Gasteiger partial charge in [-0.05, 0) is 12.5 Å². The highest BCUT2D eigenvalue weighted by Crippen LogP contribution is 2.26. The minimum atomic E-state index is 0.237. The third kappa shape index (κ3) is 1.45. The molecule has 0 saturated carbocycles. The fourth-order valence-electron chi connectivity index (χ4n) is 2.19. The van der Waals surface area contributed by atoms with Crippen molar-refractivity contribution in [2.75, 3.05) is 18.0 Å². The highest BCUT2D eigenvalue weighted by atomic mass is 35.5. The summed E-state index contributed by atoms with van der Waals surface area (Å²) in [6.45, 7) is 1.83. The summed E-state index contributed by atoms with van der Waals surface area (Å²) in [5.74, 6) is 0.959. The third-order valence-electron chi connectivity index (χ3n) is 3.05. The molecule has 2 aromatic rings. The lowest BCUT2D eigenvalue weighted by molar-refractivity contribution is 0.941. The molecular weight excluding hydrogens is 224 g/mol. The van der Waals surface area contributed by atoms with Crippen molar-refractivity contribution in [2.45, 2.75) is 11.8 Å². The lowest BCUT2D eigenvalue weighted by Crippen LogP contribution is -2.21. The molecule has 1 fully saturated rings. The Labute approximate surface area is 98.9 Å². The van der Waals surface area contributed by atoms with Crippen LogP contribution in [0.4, 0.5) is 5.82 Å². The minimum Gasteiger partial charge on any atom is -0.353 e. The molecule has 0 N–H and O–H groups in total. The number of halogens is 1. The number of imidazole rings is 1. The number of hydrogen-bond donors (Lipinski definition) is 0. The Kier molecular flexibility index (Phi) is 2.24. The first-order valence-electron chi connectivity index (χ1n) is 5.41. The van der Waals surface area contributed by atoms with Crippen LogP contribution < -0.4 is 4.90 Å². The molecule has 1 atom stereocenters. The summed E-state index contributed by atoms with van der Waals surface area (Å²) >= 11 is 6.12. The van der Waals surface area contributed by atoms with E-state index in [-0.39, 0.29) is 5.38 Å². The zero-order chi connectivity index (χ0) is 11.1. The van der Waals surface area contributed by atoms with E-state index in [2.05, 4.69) is 14.9 Å². The SMILES string of the molecule is Cn1cnc2c(N3CCC(Cl)C3)nccc21.